The van der Waals surface area contributed by atoms with Crippen LogP contribution in [0.25, 0.3) is 11.1 Å². The molecule has 0 saturated carbocycles. The van der Waals surface area contributed by atoms with Crippen molar-refractivity contribution in [2.45, 2.75) is 18.7 Å². The minimum Gasteiger partial charge on any atom is -0.462 e. The fraction of sp³-hybridized carbons (Fsp3) is 0.150. The van der Waals surface area contributed by atoms with Crippen LogP contribution in [0.3, 0.4) is 0 Å². The summed E-state index contributed by atoms with van der Waals surface area (Å²) in [6.45, 7) is 3.67. The Morgan fingerprint density at radius 3 is 2.54 bits per heavy atom. The van der Waals surface area contributed by atoms with Gasteiger partial charge in [-0.2, -0.15) is 0 Å². The second kappa shape index (κ2) is 8.34. The van der Waals surface area contributed by atoms with Crippen molar-refractivity contribution >= 4 is 44.6 Å². The van der Waals surface area contributed by atoms with E-state index in [2.05, 4.69) is 4.72 Å². The molecule has 5 nitrogen and oxygen atoms in total. The Hall–Kier alpha value is -2.35. The molecule has 1 heterocycles. The van der Waals surface area contributed by atoms with Gasteiger partial charge in [0.25, 0.3) is 10.0 Å². The lowest BCUT2D eigenvalue weighted by molar-refractivity contribution is 0.0528. The van der Waals surface area contributed by atoms with Crippen LogP contribution in [0.1, 0.15) is 22.2 Å². The number of esters is 1. The molecule has 28 heavy (non-hydrogen) atoms. The Labute approximate surface area is 173 Å². The fourth-order valence-electron chi connectivity index (χ4n) is 2.67. The Morgan fingerprint density at radius 1 is 1.18 bits per heavy atom. The molecule has 2 aromatic carbocycles. The second-order valence-corrected chi connectivity index (χ2v) is 8.89. The number of halogens is 1. The summed E-state index contributed by atoms with van der Waals surface area (Å²) < 4.78 is 34.1. The third-order valence-electron chi connectivity index (χ3n) is 3.93. The second-order valence-electron chi connectivity index (χ2n) is 5.98. The zero-order valence-corrected chi connectivity index (χ0v) is 17.6. The van der Waals surface area contributed by atoms with Crippen molar-refractivity contribution in [3.05, 3.63) is 69.4 Å². The summed E-state index contributed by atoms with van der Waals surface area (Å²) in [6, 6.07) is 14.0. The Balaban J connectivity index is 2.14. The number of hydrogen-bond acceptors (Lipinski definition) is 5. The zero-order chi connectivity index (χ0) is 20.3. The van der Waals surface area contributed by atoms with Gasteiger partial charge in [0.1, 0.15) is 9.77 Å². The van der Waals surface area contributed by atoms with Crippen LogP contribution in [0.15, 0.2) is 58.8 Å². The van der Waals surface area contributed by atoms with Crippen LogP contribution < -0.4 is 4.72 Å². The molecular weight excluding hydrogens is 418 g/mol. The fourth-order valence-corrected chi connectivity index (χ4v) is 5.78. The van der Waals surface area contributed by atoms with E-state index in [4.69, 9.17) is 16.3 Å². The summed E-state index contributed by atoms with van der Waals surface area (Å²) in [5, 5.41) is 1.92. The number of thiophene rings is 1. The molecule has 146 valence electrons. The molecule has 3 rings (SSSR count). The molecule has 0 fully saturated rings. The smallest absolute Gasteiger partial charge is 0.349 e. The van der Waals surface area contributed by atoms with Gasteiger partial charge < -0.3 is 4.74 Å². The van der Waals surface area contributed by atoms with Gasteiger partial charge in [-0.15, -0.1) is 11.3 Å². The highest BCUT2D eigenvalue weighted by molar-refractivity contribution is 7.93. The number of hydrogen-bond donors (Lipinski definition) is 1. The molecule has 8 heteroatoms. The molecule has 0 unspecified atom stereocenters. The average molecular weight is 436 g/mol. The first kappa shape index (κ1) is 20.4. The molecule has 0 amide bonds. The lowest BCUT2D eigenvalue weighted by Crippen LogP contribution is -2.17. The highest BCUT2D eigenvalue weighted by Gasteiger charge is 2.30. The molecule has 3 aromatic rings. The quantitative estimate of drug-likeness (QED) is 0.529. The molecule has 1 aromatic heterocycles. The van der Waals surface area contributed by atoms with Crippen molar-refractivity contribution in [2.75, 3.05) is 11.3 Å². The Kier molecular flexibility index (Phi) is 6.07. The summed E-state index contributed by atoms with van der Waals surface area (Å²) in [5.41, 5.74) is 2.27. The third kappa shape index (κ3) is 4.22. The van der Waals surface area contributed by atoms with Gasteiger partial charge in [0.2, 0.25) is 0 Å². The lowest BCUT2D eigenvalue weighted by atomic mass is 10.1. The number of anilines is 1. The summed E-state index contributed by atoms with van der Waals surface area (Å²) in [6.07, 6.45) is 0. The maximum Gasteiger partial charge on any atom is 0.349 e. The summed E-state index contributed by atoms with van der Waals surface area (Å²) in [4.78, 5) is 12.3. The van der Waals surface area contributed by atoms with E-state index in [1.807, 2.05) is 13.0 Å². The lowest BCUT2D eigenvalue weighted by Gasteiger charge is -2.13. The van der Waals surface area contributed by atoms with Crippen molar-refractivity contribution in [1.82, 2.24) is 0 Å². The molecule has 0 aliphatic carbocycles. The molecule has 1 N–H and O–H groups in total. The normalized spacial score (nSPS) is 11.2. The SMILES string of the molecule is CCOC(=O)c1scc(-c2ccccc2)c1S(=O)(=O)Nc1ccc(C)cc1Cl. The summed E-state index contributed by atoms with van der Waals surface area (Å²) in [5.74, 6) is -0.676. The first-order valence-corrected chi connectivity index (χ1v) is 11.2. The van der Waals surface area contributed by atoms with Crippen LogP contribution >= 0.6 is 22.9 Å². The molecule has 0 spiro atoms. The number of nitrogens with one attached hydrogen (secondary N) is 1. The minimum absolute atomic E-state index is 0.0245. The van der Waals surface area contributed by atoms with E-state index in [9.17, 15) is 13.2 Å². The standard InChI is InChI=1S/C20H18ClNO4S2/c1-3-26-20(23)18-19(15(12-27-18)14-7-5-4-6-8-14)28(24,25)22-17-10-9-13(2)11-16(17)21/h4-12,22H,3H2,1-2H3. The summed E-state index contributed by atoms with van der Waals surface area (Å²) >= 11 is 7.23. The molecule has 0 atom stereocenters. The molecule has 0 radical (unpaired) electrons. The van der Waals surface area contributed by atoms with Crippen molar-refractivity contribution in [2.24, 2.45) is 0 Å². The number of sulfonamides is 1. The van der Waals surface area contributed by atoms with Gasteiger partial charge in [0, 0.05) is 10.9 Å². The van der Waals surface area contributed by atoms with Crippen LogP contribution in [0.4, 0.5) is 5.69 Å². The number of carbonyl (C=O) groups is 1. The van der Waals surface area contributed by atoms with Gasteiger partial charge in [0.05, 0.1) is 17.3 Å². The van der Waals surface area contributed by atoms with E-state index in [1.165, 1.54) is 0 Å². The van der Waals surface area contributed by atoms with E-state index in [0.717, 1.165) is 16.9 Å². The average Bonchev–Trinajstić information content (AvgIpc) is 3.11. The van der Waals surface area contributed by atoms with Crippen molar-refractivity contribution in [3.8, 4) is 11.1 Å². The molecule has 0 saturated heterocycles. The monoisotopic (exact) mass is 435 g/mol. The van der Waals surface area contributed by atoms with Gasteiger partial charge in [-0.1, -0.05) is 48.0 Å². The first-order chi connectivity index (χ1) is 13.3. The van der Waals surface area contributed by atoms with Gasteiger partial charge in [-0.25, -0.2) is 13.2 Å². The van der Waals surface area contributed by atoms with Gasteiger partial charge in [-0.05, 0) is 37.1 Å². The maximum atomic E-state index is 13.3. The molecule has 0 bridgehead atoms. The van der Waals surface area contributed by atoms with Gasteiger partial charge in [0.15, 0.2) is 0 Å². The largest absolute Gasteiger partial charge is 0.462 e. The summed E-state index contributed by atoms with van der Waals surface area (Å²) in [7, 11) is -4.10. The van der Waals surface area contributed by atoms with Crippen LogP contribution in [-0.2, 0) is 14.8 Å². The number of rotatable bonds is 6. The predicted octanol–water partition coefficient (Wildman–Crippen LogP) is 5.35. The number of ether oxygens (including phenoxy) is 1. The number of carbonyl (C=O) groups excluding carboxylic acids is 1. The third-order valence-corrected chi connectivity index (χ3v) is 6.78. The molecular formula is C20H18ClNO4S2. The van der Waals surface area contributed by atoms with E-state index < -0.39 is 16.0 Å². The first-order valence-electron chi connectivity index (χ1n) is 8.46. The van der Waals surface area contributed by atoms with Crippen LogP contribution in [0.5, 0.6) is 0 Å². The van der Waals surface area contributed by atoms with Crippen LogP contribution in [0.2, 0.25) is 5.02 Å². The molecule has 0 aliphatic rings. The van der Waals surface area contributed by atoms with E-state index in [0.29, 0.717) is 11.1 Å². The van der Waals surface area contributed by atoms with Crippen LogP contribution in [0, 0.1) is 6.92 Å². The van der Waals surface area contributed by atoms with Crippen molar-refractivity contribution in [1.29, 1.82) is 0 Å². The van der Waals surface area contributed by atoms with E-state index in [1.54, 1.807) is 54.8 Å². The Bertz CT molecular complexity index is 1110. The van der Waals surface area contributed by atoms with Crippen molar-refractivity contribution in [3.63, 3.8) is 0 Å². The number of benzene rings is 2. The van der Waals surface area contributed by atoms with E-state index >= 15 is 0 Å². The highest BCUT2D eigenvalue weighted by atomic mass is 35.5. The van der Waals surface area contributed by atoms with E-state index in [-0.39, 0.29) is 27.1 Å². The van der Waals surface area contributed by atoms with Crippen molar-refractivity contribution < 1.29 is 17.9 Å². The van der Waals surface area contributed by atoms with Gasteiger partial charge >= 0.3 is 5.97 Å². The Morgan fingerprint density at radius 2 is 1.89 bits per heavy atom. The minimum atomic E-state index is -4.10. The number of aryl methyl sites for hydroxylation is 1. The topological polar surface area (TPSA) is 72.5 Å². The van der Waals surface area contributed by atoms with Gasteiger partial charge in [-0.3, -0.25) is 4.72 Å². The van der Waals surface area contributed by atoms with Crippen LogP contribution in [-0.4, -0.2) is 21.0 Å². The highest BCUT2D eigenvalue weighted by Crippen LogP contribution is 2.37. The zero-order valence-electron chi connectivity index (χ0n) is 15.2. The molecule has 0 aliphatic heterocycles. The maximum absolute atomic E-state index is 13.3. The predicted molar refractivity (Wildman–Crippen MR) is 113 cm³/mol.